The van der Waals surface area contributed by atoms with Gasteiger partial charge in [-0.15, -0.1) is 0 Å². The Bertz CT molecular complexity index is 628. The number of benzene rings is 2. The highest BCUT2D eigenvalue weighted by molar-refractivity contribution is 7.61. The Morgan fingerprint density at radius 3 is 2.33 bits per heavy atom. The molecule has 2 aromatic carbocycles. The molecule has 0 heterocycles. The minimum Gasteiger partial charge on any atom is -0.321 e. The largest absolute Gasteiger partial charge is 0.357 e. The van der Waals surface area contributed by atoms with Crippen LogP contribution >= 0.6 is 7.60 Å². The third-order valence-corrected chi connectivity index (χ3v) is 4.34. The summed E-state index contributed by atoms with van der Waals surface area (Å²) in [5, 5.41) is 1.77. The summed E-state index contributed by atoms with van der Waals surface area (Å²) in [5.41, 5.74) is 1.82. The molecular weight excluding hydrogens is 247 g/mol. The van der Waals surface area contributed by atoms with Crippen LogP contribution in [0.3, 0.4) is 0 Å². The second kappa shape index (κ2) is 4.85. The zero-order chi connectivity index (χ0) is 13.3. The summed E-state index contributed by atoms with van der Waals surface area (Å²) >= 11 is 0. The van der Waals surface area contributed by atoms with E-state index in [1.54, 1.807) is 6.07 Å². The van der Waals surface area contributed by atoms with Gasteiger partial charge in [0.25, 0.3) is 0 Å². The number of fused-ring (bicyclic) bond motifs is 1. The van der Waals surface area contributed by atoms with Crippen LogP contribution in [0.2, 0.25) is 0 Å². The molecule has 0 fully saturated rings. The summed E-state index contributed by atoms with van der Waals surface area (Å²) in [7, 11) is -4.26. The van der Waals surface area contributed by atoms with Crippen molar-refractivity contribution < 1.29 is 14.4 Å². The summed E-state index contributed by atoms with van der Waals surface area (Å²) in [6, 6.07) is 9.41. The van der Waals surface area contributed by atoms with Crippen LogP contribution in [0.1, 0.15) is 25.0 Å². The lowest BCUT2D eigenvalue weighted by atomic mass is 9.97. The summed E-state index contributed by atoms with van der Waals surface area (Å²) in [6.07, 6.45) is 1.41. The van der Waals surface area contributed by atoms with E-state index in [1.165, 1.54) is 0 Å². The lowest BCUT2D eigenvalue weighted by Crippen LogP contribution is -2.15. The van der Waals surface area contributed by atoms with Gasteiger partial charge in [0, 0.05) is 0 Å². The highest BCUT2D eigenvalue weighted by Crippen LogP contribution is 2.39. The van der Waals surface area contributed by atoms with E-state index in [2.05, 4.69) is 0 Å². The number of hydrogen-bond donors (Lipinski definition) is 2. The van der Waals surface area contributed by atoms with E-state index in [-0.39, 0.29) is 5.30 Å². The Hall–Kier alpha value is -1.15. The summed E-state index contributed by atoms with van der Waals surface area (Å²) in [4.78, 5) is 19.3. The topological polar surface area (TPSA) is 57.5 Å². The number of rotatable bonds is 3. The Kier molecular flexibility index (Phi) is 3.58. The first-order valence-electron chi connectivity index (χ1n) is 6.08. The van der Waals surface area contributed by atoms with E-state index in [4.69, 9.17) is 0 Å². The standard InChI is InChI=1S/C14H17O3P/c1-3-10-9-11-7-5-6-8-13(11)14(12(10)4-2)18(15,16)17/h5-9H,3-4H2,1-2H3,(H2,15,16,17). The SMILES string of the molecule is CCc1cc2ccccc2c(P(=O)(O)O)c1CC. The summed E-state index contributed by atoms with van der Waals surface area (Å²) in [5.74, 6) is 0. The molecule has 0 spiro atoms. The number of aryl methyl sites for hydroxylation is 1. The van der Waals surface area contributed by atoms with Gasteiger partial charge < -0.3 is 9.79 Å². The fourth-order valence-electron chi connectivity index (χ4n) is 2.47. The lowest BCUT2D eigenvalue weighted by molar-refractivity contribution is 0.387. The smallest absolute Gasteiger partial charge is 0.321 e. The molecule has 0 aliphatic rings. The highest BCUT2D eigenvalue weighted by Gasteiger charge is 2.25. The predicted octanol–water partition coefficient (Wildman–Crippen LogP) is 2.77. The second-order valence-electron chi connectivity index (χ2n) is 4.34. The minimum absolute atomic E-state index is 0.208. The van der Waals surface area contributed by atoms with Crippen LogP contribution in [0.25, 0.3) is 10.8 Å². The lowest BCUT2D eigenvalue weighted by Gasteiger charge is -2.17. The minimum atomic E-state index is -4.26. The first-order chi connectivity index (χ1) is 8.49. The Morgan fingerprint density at radius 1 is 1.11 bits per heavy atom. The van der Waals surface area contributed by atoms with Gasteiger partial charge in [0.15, 0.2) is 0 Å². The second-order valence-corrected chi connectivity index (χ2v) is 5.87. The molecule has 0 atom stereocenters. The molecular formula is C14H17O3P. The normalized spacial score (nSPS) is 12.0. The van der Waals surface area contributed by atoms with Gasteiger partial charge >= 0.3 is 7.60 Å². The van der Waals surface area contributed by atoms with Gasteiger partial charge in [-0.25, -0.2) is 0 Å². The zero-order valence-electron chi connectivity index (χ0n) is 10.6. The van der Waals surface area contributed by atoms with E-state index < -0.39 is 7.60 Å². The van der Waals surface area contributed by atoms with Gasteiger partial charge in [0.1, 0.15) is 0 Å². The molecule has 0 radical (unpaired) electrons. The molecule has 0 aliphatic carbocycles. The Morgan fingerprint density at radius 2 is 1.78 bits per heavy atom. The van der Waals surface area contributed by atoms with Crippen LogP contribution in [0, 0.1) is 0 Å². The van der Waals surface area contributed by atoms with Crippen molar-refractivity contribution in [1.29, 1.82) is 0 Å². The fourth-order valence-corrected chi connectivity index (χ4v) is 3.64. The van der Waals surface area contributed by atoms with Crippen molar-refractivity contribution in [3.63, 3.8) is 0 Å². The van der Waals surface area contributed by atoms with Crippen LogP contribution in [-0.2, 0) is 17.4 Å². The van der Waals surface area contributed by atoms with E-state index in [1.807, 2.05) is 38.1 Å². The monoisotopic (exact) mass is 264 g/mol. The van der Waals surface area contributed by atoms with Crippen LogP contribution < -0.4 is 5.30 Å². The van der Waals surface area contributed by atoms with Gasteiger partial charge in [-0.1, -0.05) is 44.2 Å². The molecule has 0 aliphatic heterocycles. The zero-order valence-corrected chi connectivity index (χ0v) is 11.4. The van der Waals surface area contributed by atoms with Gasteiger partial charge in [-0.2, -0.15) is 0 Å². The maximum atomic E-state index is 11.8. The molecule has 0 unspecified atom stereocenters. The molecule has 3 nitrogen and oxygen atoms in total. The molecule has 0 saturated heterocycles. The van der Waals surface area contributed by atoms with E-state index in [0.29, 0.717) is 11.8 Å². The van der Waals surface area contributed by atoms with Crippen molar-refractivity contribution in [2.24, 2.45) is 0 Å². The van der Waals surface area contributed by atoms with E-state index in [9.17, 15) is 14.4 Å². The van der Waals surface area contributed by atoms with Gasteiger partial charge in [0.2, 0.25) is 0 Å². The maximum Gasteiger partial charge on any atom is 0.357 e. The Labute approximate surface area is 107 Å². The van der Waals surface area contributed by atoms with Crippen LogP contribution in [0.5, 0.6) is 0 Å². The molecule has 18 heavy (non-hydrogen) atoms. The van der Waals surface area contributed by atoms with Crippen molar-refractivity contribution in [3.05, 3.63) is 41.5 Å². The van der Waals surface area contributed by atoms with E-state index >= 15 is 0 Å². The molecule has 0 aromatic heterocycles. The molecule has 2 N–H and O–H groups in total. The van der Waals surface area contributed by atoms with Crippen molar-refractivity contribution in [2.45, 2.75) is 26.7 Å². The molecule has 96 valence electrons. The Balaban J connectivity index is 2.96. The van der Waals surface area contributed by atoms with Crippen molar-refractivity contribution in [3.8, 4) is 0 Å². The first kappa shape index (κ1) is 13.3. The molecule has 0 amide bonds. The molecule has 0 saturated carbocycles. The molecule has 2 aromatic rings. The first-order valence-corrected chi connectivity index (χ1v) is 7.69. The van der Waals surface area contributed by atoms with Gasteiger partial charge in [-0.3, -0.25) is 4.57 Å². The predicted molar refractivity (Wildman–Crippen MR) is 74.4 cm³/mol. The van der Waals surface area contributed by atoms with Crippen molar-refractivity contribution in [1.82, 2.24) is 0 Å². The average Bonchev–Trinajstić information content (AvgIpc) is 2.34. The molecule has 4 heteroatoms. The number of hydrogen-bond acceptors (Lipinski definition) is 1. The van der Waals surface area contributed by atoms with Crippen molar-refractivity contribution >= 4 is 23.7 Å². The van der Waals surface area contributed by atoms with Gasteiger partial charge in [-0.05, 0) is 34.7 Å². The fraction of sp³-hybridized carbons (Fsp3) is 0.286. The summed E-state index contributed by atoms with van der Waals surface area (Å²) in [6.45, 7) is 3.94. The van der Waals surface area contributed by atoms with Crippen LogP contribution in [-0.4, -0.2) is 9.79 Å². The molecule has 2 rings (SSSR count). The average molecular weight is 264 g/mol. The summed E-state index contributed by atoms with van der Waals surface area (Å²) < 4.78 is 11.8. The van der Waals surface area contributed by atoms with E-state index in [0.717, 1.165) is 22.9 Å². The third kappa shape index (κ3) is 2.22. The van der Waals surface area contributed by atoms with Crippen LogP contribution in [0.15, 0.2) is 30.3 Å². The van der Waals surface area contributed by atoms with Gasteiger partial charge in [0.05, 0.1) is 5.30 Å². The maximum absolute atomic E-state index is 11.8. The third-order valence-electron chi connectivity index (χ3n) is 3.24. The quantitative estimate of drug-likeness (QED) is 0.838. The highest BCUT2D eigenvalue weighted by atomic mass is 31.2. The van der Waals surface area contributed by atoms with Crippen molar-refractivity contribution in [2.75, 3.05) is 0 Å². The molecule has 0 bridgehead atoms. The van der Waals surface area contributed by atoms with Crippen LogP contribution in [0.4, 0.5) is 0 Å².